The second kappa shape index (κ2) is 7.88. The number of rotatable bonds is 4. The summed E-state index contributed by atoms with van der Waals surface area (Å²) in [7, 11) is -3.78. The lowest BCUT2D eigenvalue weighted by molar-refractivity contribution is 0.0642. The highest BCUT2D eigenvalue weighted by Gasteiger charge is 2.36. The minimum Gasteiger partial charge on any atom is -0.358 e. The number of sulfonamides is 1. The Morgan fingerprint density at radius 2 is 1.91 bits per heavy atom. The average Bonchev–Trinajstić information content (AvgIpc) is 3.49. The summed E-state index contributed by atoms with van der Waals surface area (Å²) >= 11 is 0. The molecule has 1 aliphatic heterocycles. The van der Waals surface area contributed by atoms with Crippen LogP contribution in [0.1, 0.15) is 17.3 Å². The summed E-state index contributed by atoms with van der Waals surface area (Å²) in [6, 6.07) is 12.2. The van der Waals surface area contributed by atoms with E-state index < -0.39 is 10.0 Å². The molecular weight excluding hydrogens is 428 g/mol. The topological polar surface area (TPSA) is 115 Å². The number of pyridine rings is 1. The normalized spacial score (nSPS) is 17.7. The molecule has 4 heterocycles. The molecule has 1 amide bonds. The van der Waals surface area contributed by atoms with Crippen molar-refractivity contribution < 1.29 is 13.2 Å². The SMILES string of the molecule is C[C@@H]1CN(C(=O)c2ccccc2)CCN1S(=O)(=O)c1c[nH]c2c(-c3ccn[nH]3)nccc12. The molecule has 1 fully saturated rings. The molecular formula is C22H22N6O3S. The lowest BCUT2D eigenvalue weighted by Crippen LogP contribution is -2.55. The molecule has 3 aromatic heterocycles. The van der Waals surface area contributed by atoms with Crippen LogP contribution in [0.5, 0.6) is 0 Å². The monoisotopic (exact) mass is 450 g/mol. The van der Waals surface area contributed by atoms with E-state index in [2.05, 4.69) is 20.2 Å². The van der Waals surface area contributed by atoms with Crippen molar-refractivity contribution in [1.82, 2.24) is 29.4 Å². The van der Waals surface area contributed by atoms with Gasteiger partial charge in [-0.15, -0.1) is 0 Å². The average molecular weight is 451 g/mol. The predicted molar refractivity (Wildman–Crippen MR) is 119 cm³/mol. The van der Waals surface area contributed by atoms with Gasteiger partial charge in [0.15, 0.2) is 0 Å². The standard InChI is InChI=1S/C22H22N6O3S/c1-15-14-27(22(29)16-5-3-2-4-6-16)11-12-28(15)32(30,31)19-13-24-20-17(19)7-9-23-21(20)18-8-10-25-26-18/h2-10,13,15,24H,11-12,14H2,1H3,(H,25,26)/t15-/m1/s1. The largest absolute Gasteiger partial charge is 0.358 e. The molecule has 1 aliphatic rings. The van der Waals surface area contributed by atoms with Crippen molar-refractivity contribution >= 4 is 26.8 Å². The summed E-state index contributed by atoms with van der Waals surface area (Å²) in [5, 5.41) is 7.38. The first-order chi connectivity index (χ1) is 15.5. The second-order valence-electron chi connectivity index (χ2n) is 7.79. The molecule has 2 N–H and O–H groups in total. The maximum absolute atomic E-state index is 13.6. The third-order valence-electron chi connectivity index (χ3n) is 5.78. The van der Waals surface area contributed by atoms with Crippen molar-refractivity contribution in [3.63, 3.8) is 0 Å². The molecule has 0 spiro atoms. The van der Waals surface area contributed by atoms with Crippen LogP contribution in [0, 0.1) is 0 Å². The van der Waals surface area contributed by atoms with Gasteiger partial charge in [-0.1, -0.05) is 18.2 Å². The number of hydrogen-bond donors (Lipinski definition) is 2. The maximum atomic E-state index is 13.6. The summed E-state index contributed by atoms with van der Waals surface area (Å²) in [5.41, 5.74) is 2.53. The molecule has 4 aromatic rings. The fourth-order valence-electron chi connectivity index (χ4n) is 4.21. The number of benzene rings is 1. The number of nitrogens with zero attached hydrogens (tertiary/aromatic N) is 4. The van der Waals surface area contributed by atoms with Crippen LogP contribution in [0.4, 0.5) is 0 Å². The van der Waals surface area contributed by atoms with Crippen LogP contribution in [0.15, 0.2) is 66.0 Å². The highest BCUT2D eigenvalue weighted by atomic mass is 32.2. The second-order valence-corrected chi connectivity index (χ2v) is 9.65. The zero-order valence-electron chi connectivity index (χ0n) is 17.4. The summed E-state index contributed by atoms with van der Waals surface area (Å²) in [5.74, 6) is -0.0862. The molecule has 0 unspecified atom stereocenters. The van der Waals surface area contributed by atoms with Crippen LogP contribution in [0.3, 0.4) is 0 Å². The molecule has 1 aromatic carbocycles. The van der Waals surface area contributed by atoms with E-state index in [-0.39, 0.29) is 23.4 Å². The minimum atomic E-state index is -3.78. The maximum Gasteiger partial charge on any atom is 0.253 e. The Kier molecular flexibility index (Phi) is 5.03. The van der Waals surface area contributed by atoms with E-state index in [4.69, 9.17) is 0 Å². The third kappa shape index (κ3) is 3.37. The quantitative estimate of drug-likeness (QED) is 0.496. The number of H-pyrrole nitrogens is 2. The van der Waals surface area contributed by atoms with Gasteiger partial charge in [0.2, 0.25) is 10.0 Å². The molecule has 164 valence electrons. The van der Waals surface area contributed by atoms with Crippen LogP contribution in [0.25, 0.3) is 22.3 Å². The minimum absolute atomic E-state index is 0.0862. The fraction of sp³-hybridized carbons (Fsp3) is 0.227. The van der Waals surface area contributed by atoms with Crippen LogP contribution < -0.4 is 0 Å². The molecule has 0 radical (unpaired) electrons. The number of carbonyl (C=O) groups excluding carboxylic acids is 1. The Bertz CT molecular complexity index is 1370. The van der Waals surface area contributed by atoms with Crippen LogP contribution in [0.2, 0.25) is 0 Å². The fourth-order valence-corrected chi connectivity index (χ4v) is 5.98. The molecule has 1 atom stereocenters. The van der Waals surface area contributed by atoms with Gasteiger partial charge in [-0.3, -0.25) is 14.9 Å². The number of hydrogen-bond acceptors (Lipinski definition) is 5. The Morgan fingerprint density at radius 1 is 1.09 bits per heavy atom. The number of carbonyl (C=O) groups is 1. The number of piperazine rings is 1. The first-order valence-electron chi connectivity index (χ1n) is 10.3. The van der Waals surface area contributed by atoms with E-state index in [0.29, 0.717) is 40.9 Å². The summed E-state index contributed by atoms with van der Waals surface area (Å²) < 4.78 is 28.6. The zero-order chi connectivity index (χ0) is 22.3. The number of fused-ring (bicyclic) bond motifs is 1. The van der Waals surface area contributed by atoms with Gasteiger partial charge in [-0.25, -0.2) is 8.42 Å². The summed E-state index contributed by atoms with van der Waals surface area (Å²) in [6.45, 7) is 2.72. The van der Waals surface area contributed by atoms with Crippen molar-refractivity contribution in [1.29, 1.82) is 0 Å². The van der Waals surface area contributed by atoms with Gasteiger partial charge in [0, 0.05) is 55.2 Å². The Morgan fingerprint density at radius 3 is 2.62 bits per heavy atom. The van der Waals surface area contributed by atoms with Gasteiger partial charge in [0.1, 0.15) is 10.6 Å². The van der Waals surface area contributed by atoms with Gasteiger partial charge >= 0.3 is 0 Å². The van der Waals surface area contributed by atoms with E-state index in [0.717, 1.165) is 0 Å². The van der Waals surface area contributed by atoms with E-state index in [1.807, 2.05) is 25.1 Å². The van der Waals surface area contributed by atoms with Crippen LogP contribution in [-0.2, 0) is 10.0 Å². The summed E-state index contributed by atoms with van der Waals surface area (Å²) in [4.78, 5) is 22.2. The molecule has 0 aliphatic carbocycles. The van der Waals surface area contributed by atoms with Gasteiger partial charge < -0.3 is 9.88 Å². The first kappa shape index (κ1) is 20.4. The van der Waals surface area contributed by atoms with Crippen molar-refractivity contribution in [2.75, 3.05) is 19.6 Å². The molecule has 32 heavy (non-hydrogen) atoms. The van der Waals surface area contributed by atoms with Gasteiger partial charge in [-0.2, -0.15) is 9.40 Å². The lowest BCUT2D eigenvalue weighted by Gasteiger charge is -2.38. The van der Waals surface area contributed by atoms with Crippen LogP contribution >= 0.6 is 0 Å². The van der Waals surface area contributed by atoms with Crippen molar-refractivity contribution in [3.05, 3.63) is 66.6 Å². The van der Waals surface area contributed by atoms with Crippen molar-refractivity contribution in [2.45, 2.75) is 17.9 Å². The Balaban J connectivity index is 1.43. The van der Waals surface area contributed by atoms with E-state index >= 15 is 0 Å². The van der Waals surface area contributed by atoms with Crippen molar-refractivity contribution in [3.8, 4) is 11.4 Å². The van der Waals surface area contributed by atoms with E-state index in [1.165, 1.54) is 10.5 Å². The van der Waals surface area contributed by atoms with E-state index in [9.17, 15) is 13.2 Å². The first-order valence-corrected chi connectivity index (χ1v) is 11.7. The highest BCUT2D eigenvalue weighted by Crippen LogP contribution is 2.32. The number of aromatic amines is 2. The zero-order valence-corrected chi connectivity index (χ0v) is 18.2. The smallest absolute Gasteiger partial charge is 0.253 e. The van der Waals surface area contributed by atoms with E-state index in [1.54, 1.807) is 41.6 Å². The third-order valence-corrected chi connectivity index (χ3v) is 7.83. The number of nitrogens with one attached hydrogen (secondary N) is 2. The molecule has 0 saturated carbocycles. The molecule has 10 heteroatoms. The number of aromatic nitrogens is 4. The lowest BCUT2D eigenvalue weighted by atomic mass is 10.1. The Hall–Kier alpha value is -3.50. The predicted octanol–water partition coefficient (Wildman–Crippen LogP) is 2.49. The van der Waals surface area contributed by atoms with Crippen LogP contribution in [-0.4, -0.2) is 69.4 Å². The van der Waals surface area contributed by atoms with Gasteiger partial charge in [0.05, 0.1) is 11.2 Å². The van der Waals surface area contributed by atoms with Gasteiger partial charge in [0.25, 0.3) is 5.91 Å². The highest BCUT2D eigenvalue weighted by molar-refractivity contribution is 7.89. The molecule has 0 bridgehead atoms. The summed E-state index contributed by atoms with van der Waals surface area (Å²) in [6.07, 6.45) is 4.72. The van der Waals surface area contributed by atoms with Gasteiger partial charge in [-0.05, 0) is 31.2 Å². The Labute approximate surface area is 185 Å². The molecule has 9 nitrogen and oxygen atoms in total. The number of amides is 1. The molecule has 5 rings (SSSR count). The molecule has 1 saturated heterocycles. The van der Waals surface area contributed by atoms with Crippen molar-refractivity contribution in [2.24, 2.45) is 0 Å².